The van der Waals surface area contributed by atoms with Crippen LogP contribution in [0.3, 0.4) is 0 Å². The standard InChI is InChI=1S/C10H20N2O4S/c1-4-5-11-17(14,15)12-6-8(2)9(7-12)10(13)16-3/h8-9,11H,4-7H2,1-3H3. The quantitative estimate of drug-likeness (QED) is 0.708. The van der Waals surface area contributed by atoms with Crippen LogP contribution in [0, 0.1) is 11.8 Å². The average Bonchev–Trinajstić information content (AvgIpc) is 2.68. The van der Waals surface area contributed by atoms with Crippen molar-refractivity contribution in [2.75, 3.05) is 26.7 Å². The van der Waals surface area contributed by atoms with Gasteiger partial charge in [0.15, 0.2) is 0 Å². The first-order chi connectivity index (χ1) is 7.92. The molecule has 1 aliphatic rings. The van der Waals surface area contributed by atoms with Gasteiger partial charge in [-0.1, -0.05) is 13.8 Å². The van der Waals surface area contributed by atoms with E-state index in [1.807, 2.05) is 13.8 Å². The Bertz CT molecular complexity index is 369. The second kappa shape index (κ2) is 5.79. The van der Waals surface area contributed by atoms with Crippen molar-refractivity contribution in [3.05, 3.63) is 0 Å². The molecule has 0 aromatic carbocycles. The van der Waals surface area contributed by atoms with E-state index in [1.54, 1.807) is 0 Å². The predicted molar refractivity (Wildman–Crippen MR) is 63.5 cm³/mol. The molecule has 0 aliphatic carbocycles. The van der Waals surface area contributed by atoms with Crippen LogP contribution in [0.2, 0.25) is 0 Å². The summed E-state index contributed by atoms with van der Waals surface area (Å²) in [5.74, 6) is -0.718. The summed E-state index contributed by atoms with van der Waals surface area (Å²) in [4.78, 5) is 11.4. The minimum absolute atomic E-state index is 0.0133. The van der Waals surface area contributed by atoms with Gasteiger partial charge in [-0.25, -0.2) is 4.72 Å². The molecule has 1 saturated heterocycles. The molecular formula is C10H20N2O4S. The van der Waals surface area contributed by atoms with Gasteiger partial charge in [-0.3, -0.25) is 4.79 Å². The highest BCUT2D eigenvalue weighted by atomic mass is 32.2. The van der Waals surface area contributed by atoms with E-state index in [0.717, 1.165) is 6.42 Å². The lowest BCUT2D eigenvalue weighted by molar-refractivity contribution is -0.145. The number of nitrogens with zero attached hydrogens (tertiary/aromatic N) is 1. The molecule has 7 heteroatoms. The maximum Gasteiger partial charge on any atom is 0.310 e. The molecule has 2 atom stereocenters. The normalized spacial score (nSPS) is 26.1. The van der Waals surface area contributed by atoms with Crippen LogP contribution in [0.25, 0.3) is 0 Å². The lowest BCUT2D eigenvalue weighted by Gasteiger charge is -2.16. The fraction of sp³-hybridized carbons (Fsp3) is 0.900. The first-order valence-electron chi connectivity index (χ1n) is 5.75. The SMILES string of the molecule is CCCNS(=O)(=O)N1CC(C)C(C(=O)OC)C1. The van der Waals surface area contributed by atoms with Gasteiger partial charge in [0.25, 0.3) is 10.2 Å². The van der Waals surface area contributed by atoms with Gasteiger partial charge in [-0.2, -0.15) is 12.7 Å². The predicted octanol–water partition coefficient (Wildman–Crippen LogP) is -0.0283. The summed E-state index contributed by atoms with van der Waals surface area (Å²) in [6, 6.07) is 0. The van der Waals surface area contributed by atoms with E-state index in [0.29, 0.717) is 13.1 Å². The molecule has 0 aromatic heterocycles. The first-order valence-corrected chi connectivity index (χ1v) is 7.19. The van der Waals surface area contributed by atoms with Crippen LogP contribution in [0.4, 0.5) is 0 Å². The van der Waals surface area contributed by atoms with Crippen molar-refractivity contribution in [1.82, 2.24) is 9.03 Å². The zero-order chi connectivity index (χ0) is 13.1. The van der Waals surface area contributed by atoms with Gasteiger partial charge in [-0.15, -0.1) is 0 Å². The molecule has 100 valence electrons. The lowest BCUT2D eigenvalue weighted by Crippen LogP contribution is -2.40. The molecule has 0 bridgehead atoms. The van der Waals surface area contributed by atoms with Gasteiger partial charge < -0.3 is 4.74 Å². The molecule has 6 nitrogen and oxygen atoms in total. The molecule has 1 rings (SSSR count). The fourth-order valence-electron chi connectivity index (χ4n) is 1.90. The molecule has 0 saturated carbocycles. The van der Waals surface area contributed by atoms with Crippen molar-refractivity contribution in [1.29, 1.82) is 0 Å². The molecule has 0 spiro atoms. The third-order valence-corrected chi connectivity index (χ3v) is 4.50. The molecule has 17 heavy (non-hydrogen) atoms. The molecule has 1 fully saturated rings. The third kappa shape index (κ3) is 3.40. The van der Waals surface area contributed by atoms with Gasteiger partial charge in [0.1, 0.15) is 0 Å². The van der Waals surface area contributed by atoms with Crippen LogP contribution >= 0.6 is 0 Å². The Kier molecular flexibility index (Phi) is 4.91. The summed E-state index contributed by atoms with van der Waals surface area (Å²) < 4.78 is 32.2. The van der Waals surface area contributed by atoms with Crippen LogP contribution in [0.15, 0.2) is 0 Å². The molecule has 0 radical (unpaired) electrons. The number of carbonyl (C=O) groups is 1. The number of hydrogen-bond acceptors (Lipinski definition) is 4. The second-order valence-corrected chi connectivity index (χ2v) is 6.08. The summed E-state index contributed by atoms with van der Waals surface area (Å²) in [5.41, 5.74) is 0. The van der Waals surface area contributed by atoms with E-state index >= 15 is 0 Å². The Balaban J connectivity index is 2.68. The Morgan fingerprint density at radius 2 is 2.12 bits per heavy atom. The Morgan fingerprint density at radius 1 is 1.47 bits per heavy atom. The summed E-state index contributed by atoms with van der Waals surface area (Å²) in [7, 11) is -2.13. The monoisotopic (exact) mass is 264 g/mol. The second-order valence-electron chi connectivity index (χ2n) is 4.32. The zero-order valence-corrected chi connectivity index (χ0v) is 11.3. The zero-order valence-electron chi connectivity index (χ0n) is 10.5. The van der Waals surface area contributed by atoms with Gasteiger partial charge in [-0.05, 0) is 12.3 Å². The summed E-state index contributed by atoms with van der Waals surface area (Å²) >= 11 is 0. The molecular weight excluding hydrogens is 244 g/mol. The Labute approximate surface area is 102 Å². The highest BCUT2D eigenvalue weighted by Crippen LogP contribution is 2.25. The van der Waals surface area contributed by atoms with E-state index < -0.39 is 10.2 Å². The van der Waals surface area contributed by atoms with E-state index in [9.17, 15) is 13.2 Å². The summed E-state index contributed by atoms with van der Waals surface area (Å²) in [6.07, 6.45) is 0.739. The maximum atomic E-state index is 11.9. The van der Waals surface area contributed by atoms with Crippen LogP contribution in [0.1, 0.15) is 20.3 Å². The van der Waals surface area contributed by atoms with Crippen molar-refractivity contribution < 1.29 is 17.9 Å². The number of hydrogen-bond donors (Lipinski definition) is 1. The van der Waals surface area contributed by atoms with Crippen molar-refractivity contribution in [3.63, 3.8) is 0 Å². The number of nitrogens with one attached hydrogen (secondary N) is 1. The number of rotatable bonds is 5. The highest BCUT2D eigenvalue weighted by molar-refractivity contribution is 7.87. The smallest absolute Gasteiger partial charge is 0.310 e. The van der Waals surface area contributed by atoms with Crippen molar-refractivity contribution >= 4 is 16.2 Å². The number of carbonyl (C=O) groups excluding carboxylic acids is 1. The van der Waals surface area contributed by atoms with Gasteiger partial charge in [0, 0.05) is 19.6 Å². The minimum Gasteiger partial charge on any atom is -0.469 e. The van der Waals surface area contributed by atoms with E-state index in [4.69, 9.17) is 0 Å². The highest BCUT2D eigenvalue weighted by Gasteiger charge is 2.40. The molecule has 1 N–H and O–H groups in total. The largest absolute Gasteiger partial charge is 0.469 e. The number of methoxy groups -OCH3 is 1. The van der Waals surface area contributed by atoms with Gasteiger partial charge >= 0.3 is 5.97 Å². The van der Waals surface area contributed by atoms with E-state index in [1.165, 1.54) is 11.4 Å². The Hall–Kier alpha value is -0.660. The summed E-state index contributed by atoms with van der Waals surface area (Å²) in [6.45, 7) is 4.73. The van der Waals surface area contributed by atoms with Crippen LogP contribution in [0.5, 0.6) is 0 Å². The lowest BCUT2D eigenvalue weighted by atomic mass is 9.99. The number of esters is 1. The molecule has 0 amide bonds. The number of ether oxygens (including phenoxy) is 1. The topological polar surface area (TPSA) is 75.7 Å². The van der Waals surface area contributed by atoms with Crippen molar-refractivity contribution in [3.8, 4) is 0 Å². The van der Waals surface area contributed by atoms with Crippen molar-refractivity contribution in [2.24, 2.45) is 11.8 Å². The fourth-order valence-corrected chi connectivity index (χ4v) is 3.33. The van der Waals surface area contributed by atoms with Crippen LogP contribution in [-0.4, -0.2) is 45.4 Å². The molecule has 2 unspecified atom stereocenters. The summed E-state index contributed by atoms with van der Waals surface area (Å²) in [5, 5.41) is 0. The Morgan fingerprint density at radius 3 is 2.65 bits per heavy atom. The third-order valence-electron chi connectivity index (χ3n) is 2.96. The van der Waals surface area contributed by atoms with Gasteiger partial charge in [0.05, 0.1) is 13.0 Å². The maximum absolute atomic E-state index is 11.9. The van der Waals surface area contributed by atoms with Crippen LogP contribution < -0.4 is 4.72 Å². The van der Waals surface area contributed by atoms with Gasteiger partial charge in [0.2, 0.25) is 0 Å². The van der Waals surface area contributed by atoms with Crippen LogP contribution in [-0.2, 0) is 19.7 Å². The molecule has 1 heterocycles. The minimum atomic E-state index is -3.45. The van der Waals surface area contributed by atoms with E-state index in [2.05, 4.69) is 9.46 Å². The first kappa shape index (κ1) is 14.4. The molecule has 0 aromatic rings. The van der Waals surface area contributed by atoms with E-state index in [-0.39, 0.29) is 24.3 Å². The average molecular weight is 264 g/mol. The molecule has 1 aliphatic heterocycles. The van der Waals surface area contributed by atoms with Crippen molar-refractivity contribution in [2.45, 2.75) is 20.3 Å².